The average Bonchev–Trinajstić information content (AvgIpc) is 2.33. The summed E-state index contributed by atoms with van der Waals surface area (Å²) in [5.41, 5.74) is 1.24. The van der Waals surface area contributed by atoms with Gasteiger partial charge in [0.2, 0.25) is 5.91 Å². The van der Waals surface area contributed by atoms with Gasteiger partial charge in [-0.1, -0.05) is 0 Å². The highest BCUT2D eigenvalue weighted by atomic mass is 32.2. The molecule has 0 saturated carbocycles. The van der Waals surface area contributed by atoms with Crippen molar-refractivity contribution in [1.82, 2.24) is 4.90 Å². The van der Waals surface area contributed by atoms with Gasteiger partial charge in [-0.3, -0.25) is 9.59 Å². The van der Waals surface area contributed by atoms with Crippen molar-refractivity contribution in [2.45, 2.75) is 11.0 Å². The first-order chi connectivity index (χ1) is 8.63. The van der Waals surface area contributed by atoms with Gasteiger partial charge in [-0.15, -0.1) is 11.8 Å². The molecule has 0 atom stereocenters. The second-order valence-electron chi connectivity index (χ2n) is 4.41. The van der Waals surface area contributed by atoms with Crippen LogP contribution in [0.25, 0.3) is 0 Å². The van der Waals surface area contributed by atoms with Crippen molar-refractivity contribution in [3.8, 4) is 0 Å². The number of rotatable bonds is 1. The lowest BCUT2D eigenvalue weighted by Gasteiger charge is -2.36. The number of hydrogen-bond donors (Lipinski definition) is 2. The molecule has 1 aromatic rings. The van der Waals surface area contributed by atoms with E-state index in [0.717, 1.165) is 4.90 Å². The minimum atomic E-state index is -0.401. The van der Waals surface area contributed by atoms with Crippen molar-refractivity contribution in [3.63, 3.8) is 0 Å². The molecule has 2 aliphatic heterocycles. The number of nitrogens with zero attached hydrogens (tertiary/aromatic N) is 1. The molecular formula is C12H12N2O3S. The van der Waals surface area contributed by atoms with Crippen LogP contribution in [-0.2, 0) is 4.79 Å². The van der Waals surface area contributed by atoms with Gasteiger partial charge in [0.25, 0.3) is 5.91 Å². The monoisotopic (exact) mass is 264 g/mol. The lowest BCUT2D eigenvalue weighted by Crippen LogP contribution is -2.53. The van der Waals surface area contributed by atoms with Crippen molar-refractivity contribution in [2.75, 3.05) is 24.2 Å². The molecule has 2 heterocycles. The van der Waals surface area contributed by atoms with Gasteiger partial charge in [-0.25, -0.2) is 0 Å². The second-order valence-corrected chi connectivity index (χ2v) is 5.43. The van der Waals surface area contributed by atoms with Gasteiger partial charge in [-0.2, -0.15) is 0 Å². The molecule has 1 aromatic carbocycles. The molecule has 0 aromatic heterocycles. The summed E-state index contributed by atoms with van der Waals surface area (Å²) >= 11 is 1.47. The van der Waals surface area contributed by atoms with Crippen LogP contribution < -0.4 is 5.32 Å². The third-order valence-corrected chi connectivity index (χ3v) is 4.08. The number of fused-ring (bicyclic) bond motifs is 1. The number of β-amino-alcohol motifs (C(OH)–C–C–N with tert-alkyl or cyclic N) is 1. The molecule has 0 unspecified atom stereocenters. The molecule has 1 saturated heterocycles. The van der Waals surface area contributed by atoms with E-state index in [9.17, 15) is 14.7 Å². The lowest BCUT2D eigenvalue weighted by molar-refractivity contribution is -0.113. The maximum absolute atomic E-state index is 12.0. The van der Waals surface area contributed by atoms with Gasteiger partial charge in [0.1, 0.15) is 0 Å². The number of nitrogens with one attached hydrogen (secondary N) is 1. The minimum Gasteiger partial charge on any atom is -0.389 e. The molecule has 3 rings (SSSR count). The second kappa shape index (κ2) is 4.29. The van der Waals surface area contributed by atoms with Crippen molar-refractivity contribution in [1.29, 1.82) is 0 Å². The van der Waals surface area contributed by atoms with E-state index >= 15 is 0 Å². The molecule has 0 bridgehead atoms. The first-order valence-electron chi connectivity index (χ1n) is 5.67. The highest BCUT2D eigenvalue weighted by Gasteiger charge is 2.30. The van der Waals surface area contributed by atoms with Gasteiger partial charge in [0.15, 0.2) is 0 Å². The number of anilines is 1. The van der Waals surface area contributed by atoms with Gasteiger partial charge in [0, 0.05) is 23.5 Å². The van der Waals surface area contributed by atoms with Crippen molar-refractivity contribution < 1.29 is 14.7 Å². The first kappa shape index (κ1) is 11.6. The fourth-order valence-corrected chi connectivity index (χ4v) is 2.81. The molecule has 5 nitrogen and oxygen atoms in total. The van der Waals surface area contributed by atoms with Crippen LogP contribution in [0.1, 0.15) is 10.4 Å². The van der Waals surface area contributed by atoms with E-state index in [1.165, 1.54) is 11.8 Å². The molecule has 0 spiro atoms. The molecule has 0 aliphatic carbocycles. The molecule has 2 aliphatic rings. The Balaban J connectivity index is 1.83. The predicted octanol–water partition coefficient (Wildman–Crippen LogP) is 0.547. The van der Waals surface area contributed by atoms with E-state index in [-0.39, 0.29) is 11.8 Å². The SMILES string of the molecule is O=C1CSc2ccc(C(=O)N3CC(O)C3)cc2N1. The smallest absolute Gasteiger partial charge is 0.254 e. The Morgan fingerprint density at radius 3 is 2.94 bits per heavy atom. The van der Waals surface area contributed by atoms with Crippen LogP contribution in [0.3, 0.4) is 0 Å². The Bertz CT molecular complexity index is 526. The summed E-state index contributed by atoms with van der Waals surface area (Å²) in [6, 6.07) is 5.31. The molecule has 6 heteroatoms. The Morgan fingerprint density at radius 2 is 2.22 bits per heavy atom. The zero-order valence-corrected chi connectivity index (χ0v) is 10.4. The first-order valence-corrected chi connectivity index (χ1v) is 6.66. The van der Waals surface area contributed by atoms with E-state index in [0.29, 0.717) is 30.1 Å². The van der Waals surface area contributed by atoms with Gasteiger partial charge in [-0.05, 0) is 18.2 Å². The largest absolute Gasteiger partial charge is 0.389 e. The average molecular weight is 264 g/mol. The topological polar surface area (TPSA) is 69.6 Å². The predicted molar refractivity (Wildman–Crippen MR) is 67.7 cm³/mol. The van der Waals surface area contributed by atoms with Crippen LogP contribution >= 0.6 is 11.8 Å². The molecule has 18 heavy (non-hydrogen) atoms. The van der Waals surface area contributed by atoms with Crippen LogP contribution in [-0.4, -0.2) is 46.8 Å². The number of benzene rings is 1. The number of carbonyl (C=O) groups excluding carboxylic acids is 2. The summed E-state index contributed by atoms with van der Waals surface area (Å²) < 4.78 is 0. The number of carbonyl (C=O) groups is 2. The van der Waals surface area contributed by atoms with Crippen LogP contribution in [0, 0.1) is 0 Å². The van der Waals surface area contributed by atoms with Crippen LogP contribution in [0.4, 0.5) is 5.69 Å². The number of likely N-dealkylation sites (tertiary alicyclic amines) is 1. The molecule has 94 valence electrons. The molecule has 0 radical (unpaired) electrons. The van der Waals surface area contributed by atoms with Gasteiger partial charge in [0.05, 0.1) is 17.5 Å². The van der Waals surface area contributed by atoms with E-state index in [1.54, 1.807) is 17.0 Å². The van der Waals surface area contributed by atoms with Gasteiger partial charge >= 0.3 is 0 Å². The molecule has 2 amide bonds. The Labute approximate surface area is 108 Å². The summed E-state index contributed by atoms with van der Waals surface area (Å²) in [6.45, 7) is 0.772. The van der Waals surface area contributed by atoms with Crippen LogP contribution in [0.15, 0.2) is 23.1 Å². The summed E-state index contributed by atoms with van der Waals surface area (Å²) in [5, 5.41) is 11.9. The Hall–Kier alpha value is -1.53. The zero-order valence-electron chi connectivity index (χ0n) is 9.55. The van der Waals surface area contributed by atoms with Gasteiger partial charge < -0.3 is 15.3 Å². The molecular weight excluding hydrogens is 252 g/mol. The summed E-state index contributed by atoms with van der Waals surface area (Å²) in [5.74, 6) is 0.267. The van der Waals surface area contributed by atoms with E-state index in [2.05, 4.69) is 5.32 Å². The Kier molecular flexibility index (Phi) is 2.76. The summed E-state index contributed by atoms with van der Waals surface area (Å²) in [4.78, 5) is 25.9. The quantitative estimate of drug-likeness (QED) is 0.777. The number of aliphatic hydroxyl groups is 1. The zero-order chi connectivity index (χ0) is 12.7. The van der Waals surface area contributed by atoms with Crippen LogP contribution in [0.2, 0.25) is 0 Å². The van der Waals surface area contributed by atoms with Crippen molar-refractivity contribution in [2.24, 2.45) is 0 Å². The molecule has 1 fully saturated rings. The number of amides is 2. The highest BCUT2D eigenvalue weighted by molar-refractivity contribution is 8.00. The van der Waals surface area contributed by atoms with E-state index < -0.39 is 6.10 Å². The number of hydrogen-bond acceptors (Lipinski definition) is 4. The third-order valence-electron chi connectivity index (χ3n) is 3.01. The highest BCUT2D eigenvalue weighted by Crippen LogP contribution is 2.32. The fourth-order valence-electron chi connectivity index (χ4n) is 2.02. The minimum absolute atomic E-state index is 0.0449. The van der Waals surface area contributed by atoms with E-state index in [1.807, 2.05) is 6.07 Å². The lowest BCUT2D eigenvalue weighted by atomic mass is 10.1. The standard InChI is InChI=1S/C12H12N2O3S/c15-8-4-14(5-8)12(17)7-1-2-10-9(3-7)13-11(16)6-18-10/h1-3,8,15H,4-6H2,(H,13,16). The number of aliphatic hydroxyl groups excluding tert-OH is 1. The molecule has 2 N–H and O–H groups in total. The summed E-state index contributed by atoms with van der Waals surface area (Å²) in [6.07, 6.45) is -0.401. The normalized spacial score (nSPS) is 18.9. The van der Waals surface area contributed by atoms with Crippen molar-refractivity contribution in [3.05, 3.63) is 23.8 Å². The maximum Gasteiger partial charge on any atom is 0.254 e. The Morgan fingerprint density at radius 1 is 1.44 bits per heavy atom. The maximum atomic E-state index is 12.0. The third kappa shape index (κ3) is 1.97. The number of thioether (sulfide) groups is 1. The van der Waals surface area contributed by atoms with E-state index in [4.69, 9.17) is 0 Å². The van der Waals surface area contributed by atoms with Crippen LogP contribution in [0.5, 0.6) is 0 Å². The summed E-state index contributed by atoms with van der Waals surface area (Å²) in [7, 11) is 0. The fraction of sp³-hybridized carbons (Fsp3) is 0.333. The van der Waals surface area contributed by atoms with Crippen molar-refractivity contribution >= 4 is 29.3 Å².